The molecule has 1 N–H and O–H groups in total. The molecule has 0 bridgehead atoms. The minimum absolute atomic E-state index is 0.740. The highest BCUT2D eigenvalue weighted by Gasteiger charge is 2.05. The molecule has 0 rings (SSSR count). The van der Waals surface area contributed by atoms with Crippen LogP contribution in [0.15, 0.2) is 0 Å². The van der Waals surface area contributed by atoms with E-state index in [1.807, 2.05) is 0 Å². The van der Waals surface area contributed by atoms with E-state index in [2.05, 4.69) is 26.3 Å². The van der Waals surface area contributed by atoms with Gasteiger partial charge in [-0.05, 0) is 18.8 Å². The first-order valence-corrected chi connectivity index (χ1v) is 5.69. The number of unbranched alkanes of at least 4 members (excludes halogenated alkanes) is 1. The Kier molecular flexibility index (Phi) is 9.94. The van der Waals surface area contributed by atoms with Crippen LogP contribution in [-0.2, 0) is 4.84 Å². The second kappa shape index (κ2) is 10.0. The zero-order valence-electron chi connectivity index (χ0n) is 9.44. The zero-order valence-corrected chi connectivity index (χ0v) is 9.44. The Labute approximate surface area is 83.0 Å². The minimum atomic E-state index is 0.740. The Bertz CT molecular complexity index is 96.1. The fraction of sp³-hybridized carbons (Fsp3) is 1.00. The first-order chi connectivity index (χ1) is 6.35. The summed E-state index contributed by atoms with van der Waals surface area (Å²) in [5.41, 5.74) is 2.98. The lowest BCUT2D eigenvalue weighted by molar-refractivity contribution is 0.0142. The van der Waals surface area contributed by atoms with E-state index < -0.39 is 0 Å². The van der Waals surface area contributed by atoms with Gasteiger partial charge in [-0.25, -0.2) is 5.48 Å². The van der Waals surface area contributed by atoms with Crippen molar-refractivity contribution >= 4 is 0 Å². The first-order valence-electron chi connectivity index (χ1n) is 5.69. The summed E-state index contributed by atoms with van der Waals surface area (Å²) in [4.78, 5) is 5.37. The molecule has 0 aromatic heterocycles. The van der Waals surface area contributed by atoms with Crippen LogP contribution in [-0.4, -0.2) is 13.2 Å². The van der Waals surface area contributed by atoms with Crippen LogP contribution in [0.4, 0.5) is 0 Å². The van der Waals surface area contributed by atoms with Gasteiger partial charge in [-0.2, -0.15) is 0 Å². The third-order valence-corrected chi connectivity index (χ3v) is 2.32. The monoisotopic (exact) mass is 187 g/mol. The van der Waals surface area contributed by atoms with Gasteiger partial charge in [-0.3, -0.25) is 0 Å². The second-order valence-electron chi connectivity index (χ2n) is 3.62. The molecule has 2 heteroatoms. The highest BCUT2D eigenvalue weighted by atomic mass is 16.6. The van der Waals surface area contributed by atoms with Gasteiger partial charge in [0.25, 0.3) is 0 Å². The molecule has 0 aromatic rings. The molecule has 0 aliphatic rings. The quantitative estimate of drug-likeness (QED) is 0.442. The summed E-state index contributed by atoms with van der Waals surface area (Å²) in [6.45, 7) is 8.46. The predicted octanol–water partition coefficient (Wildman–Crippen LogP) is 3.13. The van der Waals surface area contributed by atoms with Crippen molar-refractivity contribution in [2.75, 3.05) is 13.2 Å². The highest BCUT2D eigenvalue weighted by molar-refractivity contribution is 4.55. The predicted molar refractivity (Wildman–Crippen MR) is 57.6 cm³/mol. The van der Waals surface area contributed by atoms with Crippen LogP contribution >= 0.6 is 0 Å². The van der Waals surface area contributed by atoms with E-state index >= 15 is 0 Å². The molecule has 0 spiro atoms. The highest BCUT2D eigenvalue weighted by Crippen LogP contribution is 2.11. The van der Waals surface area contributed by atoms with E-state index in [-0.39, 0.29) is 0 Å². The van der Waals surface area contributed by atoms with Crippen molar-refractivity contribution in [1.82, 2.24) is 5.48 Å². The average Bonchev–Trinajstić information content (AvgIpc) is 2.17. The Balaban J connectivity index is 3.25. The molecule has 0 saturated heterocycles. The normalized spacial score (nSPS) is 13.2. The smallest absolute Gasteiger partial charge is 0.0710 e. The van der Waals surface area contributed by atoms with E-state index in [0.29, 0.717) is 0 Å². The fourth-order valence-corrected chi connectivity index (χ4v) is 1.25. The van der Waals surface area contributed by atoms with Gasteiger partial charge in [0, 0.05) is 6.54 Å². The van der Waals surface area contributed by atoms with Gasteiger partial charge >= 0.3 is 0 Å². The minimum Gasteiger partial charge on any atom is -0.302 e. The summed E-state index contributed by atoms with van der Waals surface area (Å²) in [5.74, 6) is 0.740. The third kappa shape index (κ3) is 8.26. The number of hydroxylamine groups is 1. The van der Waals surface area contributed by atoms with Gasteiger partial charge in [0.05, 0.1) is 6.61 Å². The van der Waals surface area contributed by atoms with Crippen LogP contribution in [0.5, 0.6) is 0 Å². The summed E-state index contributed by atoms with van der Waals surface area (Å²) < 4.78 is 0. The van der Waals surface area contributed by atoms with Crippen LogP contribution in [0.1, 0.15) is 52.9 Å². The van der Waals surface area contributed by atoms with Crippen molar-refractivity contribution in [3.05, 3.63) is 0 Å². The second-order valence-corrected chi connectivity index (χ2v) is 3.62. The van der Waals surface area contributed by atoms with Crippen LogP contribution in [0.25, 0.3) is 0 Å². The number of hydrogen-bond donors (Lipinski definition) is 1. The van der Waals surface area contributed by atoms with Gasteiger partial charge in [-0.15, -0.1) is 0 Å². The van der Waals surface area contributed by atoms with Crippen LogP contribution in [0.3, 0.4) is 0 Å². The van der Waals surface area contributed by atoms with Crippen LogP contribution < -0.4 is 5.48 Å². The van der Waals surface area contributed by atoms with Crippen LogP contribution in [0.2, 0.25) is 0 Å². The van der Waals surface area contributed by atoms with Gasteiger partial charge in [0.2, 0.25) is 0 Å². The van der Waals surface area contributed by atoms with E-state index in [4.69, 9.17) is 4.84 Å². The number of rotatable bonds is 9. The summed E-state index contributed by atoms with van der Waals surface area (Å²) in [6, 6.07) is 0. The molecule has 1 unspecified atom stereocenters. The van der Waals surface area contributed by atoms with Gasteiger partial charge in [0.1, 0.15) is 0 Å². The Morgan fingerprint density at radius 3 is 2.46 bits per heavy atom. The van der Waals surface area contributed by atoms with Crippen molar-refractivity contribution in [3.63, 3.8) is 0 Å². The van der Waals surface area contributed by atoms with Gasteiger partial charge < -0.3 is 4.84 Å². The van der Waals surface area contributed by atoms with Crippen molar-refractivity contribution in [3.8, 4) is 0 Å². The maximum Gasteiger partial charge on any atom is 0.0710 e. The molecule has 13 heavy (non-hydrogen) atoms. The molecule has 1 atom stereocenters. The Hall–Kier alpha value is -0.0800. The first kappa shape index (κ1) is 12.9. The molecule has 0 fully saturated rings. The molecular weight excluding hydrogens is 162 g/mol. The van der Waals surface area contributed by atoms with Crippen molar-refractivity contribution < 1.29 is 4.84 Å². The molecule has 0 aliphatic carbocycles. The maximum absolute atomic E-state index is 5.37. The molecule has 0 aromatic carbocycles. The zero-order chi connectivity index (χ0) is 9.94. The van der Waals surface area contributed by atoms with Crippen molar-refractivity contribution in [2.45, 2.75) is 52.9 Å². The molecule has 0 saturated carbocycles. The fourth-order valence-electron chi connectivity index (χ4n) is 1.25. The average molecular weight is 187 g/mol. The van der Waals surface area contributed by atoms with Gasteiger partial charge in [0.15, 0.2) is 0 Å². The number of hydrogen-bond acceptors (Lipinski definition) is 2. The topological polar surface area (TPSA) is 21.3 Å². The summed E-state index contributed by atoms with van der Waals surface area (Å²) in [7, 11) is 0. The van der Waals surface area contributed by atoms with E-state index in [1.54, 1.807) is 0 Å². The lowest BCUT2D eigenvalue weighted by atomic mass is 10.0. The van der Waals surface area contributed by atoms with E-state index in [0.717, 1.165) is 25.5 Å². The van der Waals surface area contributed by atoms with Gasteiger partial charge in [-0.1, -0.05) is 40.0 Å². The SMILES string of the molecule is CCCCC(CC)CONCCC. The molecule has 0 heterocycles. The third-order valence-electron chi connectivity index (χ3n) is 2.32. The van der Waals surface area contributed by atoms with E-state index in [9.17, 15) is 0 Å². The largest absolute Gasteiger partial charge is 0.302 e. The molecule has 80 valence electrons. The molecule has 0 radical (unpaired) electrons. The van der Waals surface area contributed by atoms with Crippen LogP contribution in [0, 0.1) is 5.92 Å². The molecular formula is C11H25NO. The summed E-state index contributed by atoms with van der Waals surface area (Å²) in [6.07, 6.45) is 6.29. The summed E-state index contributed by atoms with van der Waals surface area (Å²) >= 11 is 0. The Morgan fingerprint density at radius 1 is 1.15 bits per heavy atom. The number of nitrogens with one attached hydrogen (secondary N) is 1. The maximum atomic E-state index is 5.37. The lowest BCUT2D eigenvalue weighted by Gasteiger charge is -2.14. The molecule has 2 nitrogen and oxygen atoms in total. The van der Waals surface area contributed by atoms with Crippen molar-refractivity contribution in [2.24, 2.45) is 5.92 Å². The van der Waals surface area contributed by atoms with E-state index in [1.165, 1.54) is 25.7 Å². The molecule has 0 amide bonds. The summed E-state index contributed by atoms with van der Waals surface area (Å²) in [5, 5.41) is 0. The standard InChI is InChI=1S/C11H25NO/c1-4-7-8-11(6-3)10-13-12-9-5-2/h11-12H,4-10H2,1-3H3. The lowest BCUT2D eigenvalue weighted by Crippen LogP contribution is -2.20. The van der Waals surface area contributed by atoms with Crippen molar-refractivity contribution in [1.29, 1.82) is 0 Å². The Morgan fingerprint density at radius 2 is 1.92 bits per heavy atom. The molecule has 0 aliphatic heterocycles.